The first-order chi connectivity index (χ1) is 8.08. The molecule has 0 N–H and O–H groups in total. The second-order valence-electron chi connectivity index (χ2n) is 3.87. The fourth-order valence-corrected chi connectivity index (χ4v) is 2.70. The van der Waals surface area contributed by atoms with Gasteiger partial charge in [-0.1, -0.05) is 25.4 Å². The molecule has 0 amide bonds. The van der Waals surface area contributed by atoms with E-state index in [9.17, 15) is 0 Å². The topological polar surface area (TPSA) is 29.0 Å². The summed E-state index contributed by atoms with van der Waals surface area (Å²) in [6.07, 6.45) is 0. The molecule has 0 radical (unpaired) electrons. The Morgan fingerprint density at radius 2 is 1.71 bits per heavy atom. The molecule has 0 aliphatic carbocycles. The Morgan fingerprint density at radius 1 is 1.12 bits per heavy atom. The summed E-state index contributed by atoms with van der Waals surface area (Å²) in [5.74, 6) is 0.999. The average molecular weight is 274 g/mol. The van der Waals surface area contributed by atoms with E-state index in [0.717, 1.165) is 41.8 Å². The van der Waals surface area contributed by atoms with Crippen LogP contribution in [0.4, 0.5) is 0 Å². The van der Waals surface area contributed by atoms with Gasteiger partial charge in [0.15, 0.2) is 5.15 Å². The Balaban J connectivity index is 2.55. The first kappa shape index (κ1) is 14.7. The van der Waals surface area contributed by atoms with Crippen molar-refractivity contribution >= 4 is 23.4 Å². The summed E-state index contributed by atoms with van der Waals surface area (Å²) in [4.78, 5) is 11.1. The number of hydrogen-bond acceptors (Lipinski definition) is 4. The van der Waals surface area contributed by atoms with Crippen molar-refractivity contribution in [2.75, 3.05) is 25.4 Å². The Labute approximate surface area is 113 Å². The van der Waals surface area contributed by atoms with Gasteiger partial charge in [-0.25, -0.2) is 9.97 Å². The molecule has 0 aliphatic rings. The summed E-state index contributed by atoms with van der Waals surface area (Å²) >= 11 is 7.76. The molecule has 0 saturated heterocycles. The molecule has 0 aliphatic heterocycles. The fraction of sp³-hybridized carbons (Fsp3) is 0.667. The lowest BCUT2D eigenvalue weighted by atomic mass is 10.4. The number of hydrogen-bond donors (Lipinski definition) is 0. The van der Waals surface area contributed by atoms with E-state index < -0.39 is 0 Å². The van der Waals surface area contributed by atoms with Crippen LogP contribution in [0.3, 0.4) is 0 Å². The van der Waals surface area contributed by atoms with Gasteiger partial charge < -0.3 is 4.90 Å². The van der Waals surface area contributed by atoms with Crippen LogP contribution in [0.15, 0.2) is 5.03 Å². The van der Waals surface area contributed by atoms with Gasteiger partial charge in [-0.3, -0.25) is 0 Å². The van der Waals surface area contributed by atoms with Crippen LogP contribution in [0.2, 0.25) is 5.15 Å². The highest BCUT2D eigenvalue weighted by atomic mass is 35.5. The maximum atomic E-state index is 6.08. The quantitative estimate of drug-likeness (QED) is 0.745. The van der Waals surface area contributed by atoms with Gasteiger partial charge in [-0.05, 0) is 26.9 Å². The molecule has 1 aromatic rings. The normalized spacial score (nSPS) is 11.2. The lowest BCUT2D eigenvalue weighted by molar-refractivity contribution is 0.324. The van der Waals surface area contributed by atoms with Gasteiger partial charge in [0, 0.05) is 12.3 Å². The van der Waals surface area contributed by atoms with Crippen molar-refractivity contribution in [3.05, 3.63) is 16.5 Å². The molecule has 0 atom stereocenters. The molecule has 1 aromatic heterocycles. The molecular weight excluding hydrogens is 254 g/mol. The van der Waals surface area contributed by atoms with Crippen LogP contribution in [-0.4, -0.2) is 40.3 Å². The maximum absolute atomic E-state index is 6.08. The molecule has 1 rings (SSSR count). The zero-order valence-electron chi connectivity index (χ0n) is 11.0. The van der Waals surface area contributed by atoms with E-state index in [1.165, 1.54) is 0 Å². The highest BCUT2D eigenvalue weighted by Gasteiger charge is 2.08. The predicted molar refractivity (Wildman–Crippen MR) is 75.0 cm³/mol. The maximum Gasteiger partial charge on any atom is 0.161 e. The van der Waals surface area contributed by atoms with Gasteiger partial charge in [0.2, 0.25) is 0 Å². The zero-order chi connectivity index (χ0) is 12.8. The van der Waals surface area contributed by atoms with Crippen molar-refractivity contribution in [2.45, 2.75) is 32.7 Å². The van der Waals surface area contributed by atoms with Gasteiger partial charge in [-0.2, -0.15) is 0 Å². The van der Waals surface area contributed by atoms with Crippen LogP contribution in [0, 0.1) is 13.8 Å². The number of aryl methyl sites for hydroxylation is 2. The monoisotopic (exact) mass is 273 g/mol. The van der Waals surface area contributed by atoms with Crippen LogP contribution < -0.4 is 0 Å². The number of thioether (sulfide) groups is 1. The molecular formula is C12H20ClN3S. The lowest BCUT2D eigenvalue weighted by Gasteiger charge is -2.17. The second-order valence-corrected chi connectivity index (χ2v) is 5.31. The molecule has 96 valence electrons. The minimum Gasteiger partial charge on any atom is -0.303 e. The summed E-state index contributed by atoms with van der Waals surface area (Å²) in [5.41, 5.74) is 1.86. The largest absolute Gasteiger partial charge is 0.303 e. The van der Waals surface area contributed by atoms with Gasteiger partial charge in [0.05, 0.1) is 11.4 Å². The summed E-state index contributed by atoms with van der Waals surface area (Å²) in [7, 11) is 0. The fourth-order valence-electron chi connectivity index (χ4n) is 1.46. The van der Waals surface area contributed by atoms with Gasteiger partial charge in [0.25, 0.3) is 0 Å². The predicted octanol–water partition coefficient (Wildman–Crippen LogP) is 3.18. The highest BCUT2D eigenvalue weighted by Crippen LogP contribution is 2.24. The van der Waals surface area contributed by atoms with Crippen molar-refractivity contribution in [1.29, 1.82) is 0 Å². The molecule has 0 unspecified atom stereocenters. The van der Waals surface area contributed by atoms with E-state index in [1.807, 2.05) is 13.8 Å². The molecule has 17 heavy (non-hydrogen) atoms. The standard InChI is InChI=1S/C12H20ClN3S/c1-5-16(6-2)7-8-17-12-11(13)14-9(3)10(4)15-12/h5-8H2,1-4H3. The first-order valence-electron chi connectivity index (χ1n) is 5.94. The van der Waals surface area contributed by atoms with Crippen LogP contribution in [-0.2, 0) is 0 Å². The third kappa shape index (κ3) is 4.45. The van der Waals surface area contributed by atoms with Gasteiger partial charge in [0.1, 0.15) is 5.03 Å². The molecule has 0 bridgehead atoms. The van der Waals surface area contributed by atoms with Crippen molar-refractivity contribution < 1.29 is 0 Å². The van der Waals surface area contributed by atoms with Crippen molar-refractivity contribution in [1.82, 2.24) is 14.9 Å². The SMILES string of the molecule is CCN(CC)CCSc1nc(C)c(C)nc1Cl. The summed E-state index contributed by atoms with van der Waals surface area (Å²) in [6.45, 7) is 11.5. The lowest BCUT2D eigenvalue weighted by Crippen LogP contribution is -2.25. The third-order valence-corrected chi connectivity index (χ3v) is 4.10. The molecule has 0 fully saturated rings. The van der Waals surface area contributed by atoms with Crippen molar-refractivity contribution in [3.63, 3.8) is 0 Å². The van der Waals surface area contributed by atoms with Crippen molar-refractivity contribution in [2.24, 2.45) is 0 Å². The van der Waals surface area contributed by atoms with Crippen molar-refractivity contribution in [3.8, 4) is 0 Å². The second kappa shape index (κ2) is 7.19. The number of rotatable bonds is 6. The summed E-state index contributed by atoms with van der Waals surface area (Å²) < 4.78 is 0. The molecule has 0 aromatic carbocycles. The van der Waals surface area contributed by atoms with E-state index in [4.69, 9.17) is 11.6 Å². The van der Waals surface area contributed by atoms with Gasteiger partial charge >= 0.3 is 0 Å². The molecule has 0 saturated carbocycles. The van der Waals surface area contributed by atoms with Crippen LogP contribution >= 0.6 is 23.4 Å². The number of nitrogens with zero attached hydrogens (tertiary/aromatic N) is 3. The smallest absolute Gasteiger partial charge is 0.161 e. The molecule has 3 nitrogen and oxygen atoms in total. The Kier molecular flexibility index (Phi) is 6.23. The molecule has 0 spiro atoms. The van der Waals surface area contributed by atoms with Crippen LogP contribution in [0.25, 0.3) is 0 Å². The van der Waals surface area contributed by atoms with E-state index >= 15 is 0 Å². The van der Waals surface area contributed by atoms with E-state index in [0.29, 0.717) is 5.15 Å². The van der Waals surface area contributed by atoms with Crippen LogP contribution in [0.5, 0.6) is 0 Å². The Morgan fingerprint density at radius 3 is 2.29 bits per heavy atom. The Bertz CT molecular complexity index is 367. The summed E-state index contributed by atoms with van der Waals surface area (Å²) in [6, 6.07) is 0. The number of aromatic nitrogens is 2. The Hall–Kier alpha value is -0.320. The molecule has 1 heterocycles. The van der Waals surface area contributed by atoms with E-state index in [2.05, 4.69) is 28.7 Å². The minimum atomic E-state index is 0.526. The molecule has 5 heteroatoms. The first-order valence-corrected chi connectivity index (χ1v) is 7.30. The highest BCUT2D eigenvalue weighted by molar-refractivity contribution is 7.99. The average Bonchev–Trinajstić information content (AvgIpc) is 2.31. The van der Waals surface area contributed by atoms with E-state index in [-0.39, 0.29) is 0 Å². The zero-order valence-corrected chi connectivity index (χ0v) is 12.5. The summed E-state index contributed by atoms with van der Waals surface area (Å²) in [5, 5.41) is 1.37. The third-order valence-electron chi connectivity index (χ3n) is 2.78. The van der Waals surface area contributed by atoms with Crippen LogP contribution in [0.1, 0.15) is 25.2 Å². The minimum absolute atomic E-state index is 0.526. The number of halogens is 1. The van der Waals surface area contributed by atoms with E-state index in [1.54, 1.807) is 11.8 Å². The van der Waals surface area contributed by atoms with Gasteiger partial charge in [-0.15, -0.1) is 11.8 Å².